The zero-order chi connectivity index (χ0) is 16.4. The second-order valence-electron chi connectivity index (χ2n) is 4.97. The number of guanidine groups is 1. The van der Waals surface area contributed by atoms with E-state index in [0.717, 1.165) is 24.9 Å². The van der Waals surface area contributed by atoms with E-state index in [1.807, 2.05) is 6.07 Å². The molecule has 0 bridgehead atoms. The molecule has 2 N–H and O–H groups in total. The van der Waals surface area contributed by atoms with Crippen LogP contribution in [0.15, 0.2) is 23.2 Å². The SMILES string of the molecule is CN=C(NCCCCC(=O)OC)NCc1ccc(F)c(C)c1. The minimum Gasteiger partial charge on any atom is -0.469 e. The van der Waals surface area contributed by atoms with Crippen molar-refractivity contribution in [1.82, 2.24) is 10.6 Å². The van der Waals surface area contributed by atoms with Gasteiger partial charge < -0.3 is 15.4 Å². The van der Waals surface area contributed by atoms with Crippen LogP contribution in [0.5, 0.6) is 0 Å². The maximum Gasteiger partial charge on any atom is 0.305 e. The molecule has 0 spiro atoms. The van der Waals surface area contributed by atoms with Crippen LogP contribution >= 0.6 is 0 Å². The predicted molar refractivity (Wildman–Crippen MR) is 85.2 cm³/mol. The fourth-order valence-electron chi connectivity index (χ4n) is 1.93. The van der Waals surface area contributed by atoms with Gasteiger partial charge >= 0.3 is 5.97 Å². The second kappa shape index (κ2) is 9.76. The Morgan fingerprint density at radius 1 is 1.32 bits per heavy atom. The van der Waals surface area contributed by atoms with Crippen LogP contribution < -0.4 is 10.6 Å². The molecule has 0 saturated carbocycles. The summed E-state index contributed by atoms with van der Waals surface area (Å²) in [5.41, 5.74) is 1.62. The second-order valence-corrected chi connectivity index (χ2v) is 4.97. The van der Waals surface area contributed by atoms with Crippen LogP contribution in [-0.2, 0) is 16.1 Å². The van der Waals surface area contributed by atoms with Crippen molar-refractivity contribution in [3.8, 4) is 0 Å². The number of carbonyl (C=O) groups is 1. The third kappa shape index (κ3) is 6.56. The molecule has 0 amide bonds. The Morgan fingerprint density at radius 3 is 2.73 bits per heavy atom. The van der Waals surface area contributed by atoms with Crippen molar-refractivity contribution in [2.24, 2.45) is 4.99 Å². The monoisotopic (exact) mass is 309 g/mol. The van der Waals surface area contributed by atoms with Crippen LogP contribution in [-0.4, -0.2) is 32.6 Å². The van der Waals surface area contributed by atoms with Gasteiger partial charge in [0.1, 0.15) is 5.82 Å². The van der Waals surface area contributed by atoms with Crippen LogP contribution in [0.2, 0.25) is 0 Å². The van der Waals surface area contributed by atoms with E-state index in [1.165, 1.54) is 13.2 Å². The molecule has 0 radical (unpaired) electrons. The molecule has 0 atom stereocenters. The first-order valence-corrected chi connectivity index (χ1v) is 7.33. The van der Waals surface area contributed by atoms with E-state index in [0.29, 0.717) is 24.5 Å². The maximum atomic E-state index is 13.2. The summed E-state index contributed by atoms with van der Waals surface area (Å²) < 4.78 is 17.8. The summed E-state index contributed by atoms with van der Waals surface area (Å²) in [6.07, 6.45) is 2.05. The summed E-state index contributed by atoms with van der Waals surface area (Å²) in [5, 5.41) is 6.34. The Bertz CT molecular complexity index is 518. The number of benzene rings is 1. The van der Waals surface area contributed by atoms with Crippen LogP contribution in [0.4, 0.5) is 4.39 Å². The summed E-state index contributed by atoms with van der Waals surface area (Å²) in [4.78, 5) is 15.1. The number of aliphatic imine (C=N–C) groups is 1. The third-order valence-electron chi connectivity index (χ3n) is 3.23. The number of nitrogens with one attached hydrogen (secondary N) is 2. The highest BCUT2D eigenvalue weighted by Gasteiger charge is 2.02. The van der Waals surface area contributed by atoms with Gasteiger partial charge in [0.05, 0.1) is 7.11 Å². The van der Waals surface area contributed by atoms with Crippen LogP contribution in [0.25, 0.3) is 0 Å². The average Bonchev–Trinajstić information content (AvgIpc) is 2.52. The molecular formula is C16H24FN3O2. The molecule has 1 aromatic rings. The van der Waals surface area contributed by atoms with Crippen molar-refractivity contribution >= 4 is 11.9 Å². The average molecular weight is 309 g/mol. The number of halogens is 1. The minimum atomic E-state index is -0.197. The molecule has 0 heterocycles. The summed E-state index contributed by atoms with van der Waals surface area (Å²) in [6, 6.07) is 5.03. The molecule has 0 aliphatic rings. The zero-order valence-electron chi connectivity index (χ0n) is 13.4. The number of methoxy groups -OCH3 is 1. The number of aryl methyl sites for hydroxylation is 1. The lowest BCUT2D eigenvalue weighted by Gasteiger charge is -2.12. The molecule has 6 heteroatoms. The number of nitrogens with zero attached hydrogens (tertiary/aromatic N) is 1. The van der Waals surface area contributed by atoms with Gasteiger partial charge in [-0.05, 0) is 37.0 Å². The van der Waals surface area contributed by atoms with Crippen molar-refractivity contribution in [3.05, 3.63) is 35.1 Å². The minimum absolute atomic E-state index is 0.186. The highest BCUT2D eigenvalue weighted by atomic mass is 19.1. The third-order valence-corrected chi connectivity index (χ3v) is 3.23. The van der Waals surface area contributed by atoms with Gasteiger partial charge in [-0.15, -0.1) is 0 Å². The number of ether oxygens (including phenoxy) is 1. The summed E-state index contributed by atoms with van der Waals surface area (Å²) in [7, 11) is 3.09. The lowest BCUT2D eigenvalue weighted by atomic mass is 10.1. The van der Waals surface area contributed by atoms with Crippen molar-refractivity contribution in [2.75, 3.05) is 20.7 Å². The summed E-state index contributed by atoms with van der Waals surface area (Å²) in [6.45, 7) is 3.04. The van der Waals surface area contributed by atoms with Gasteiger partial charge in [0.25, 0.3) is 0 Å². The quantitative estimate of drug-likeness (QED) is 0.351. The molecule has 0 saturated heterocycles. The molecule has 1 rings (SSSR count). The normalized spacial score (nSPS) is 11.2. The van der Waals surface area contributed by atoms with Gasteiger partial charge in [-0.1, -0.05) is 12.1 Å². The highest BCUT2D eigenvalue weighted by molar-refractivity contribution is 5.79. The molecule has 0 aliphatic heterocycles. The Kier molecular flexibility index (Phi) is 7.96. The standard InChI is InChI=1S/C16H24FN3O2/c1-12-10-13(7-8-14(12)17)11-20-16(18-2)19-9-5-4-6-15(21)22-3/h7-8,10H,4-6,9,11H2,1-3H3,(H2,18,19,20). The summed E-state index contributed by atoms with van der Waals surface area (Å²) in [5.74, 6) is 0.297. The Morgan fingerprint density at radius 2 is 2.09 bits per heavy atom. The number of rotatable bonds is 7. The molecule has 122 valence electrons. The van der Waals surface area contributed by atoms with Crippen LogP contribution in [0.1, 0.15) is 30.4 Å². The Labute approximate surface area is 131 Å². The molecule has 5 nitrogen and oxygen atoms in total. The van der Waals surface area contributed by atoms with Crippen molar-refractivity contribution in [3.63, 3.8) is 0 Å². The number of unbranched alkanes of at least 4 members (excludes halogenated alkanes) is 1. The smallest absolute Gasteiger partial charge is 0.305 e. The van der Waals surface area contributed by atoms with E-state index in [4.69, 9.17) is 0 Å². The van der Waals surface area contributed by atoms with E-state index in [2.05, 4.69) is 20.4 Å². The maximum absolute atomic E-state index is 13.2. The molecule has 1 aromatic carbocycles. The van der Waals surface area contributed by atoms with Crippen LogP contribution in [0.3, 0.4) is 0 Å². The number of carbonyl (C=O) groups excluding carboxylic acids is 1. The lowest BCUT2D eigenvalue weighted by Crippen LogP contribution is -2.37. The number of esters is 1. The van der Waals surface area contributed by atoms with E-state index in [-0.39, 0.29) is 11.8 Å². The van der Waals surface area contributed by atoms with Gasteiger partial charge in [-0.3, -0.25) is 9.79 Å². The van der Waals surface area contributed by atoms with Crippen molar-refractivity contribution in [2.45, 2.75) is 32.7 Å². The van der Waals surface area contributed by atoms with E-state index in [9.17, 15) is 9.18 Å². The van der Waals surface area contributed by atoms with Gasteiger partial charge in [-0.25, -0.2) is 4.39 Å². The first-order valence-electron chi connectivity index (χ1n) is 7.33. The van der Waals surface area contributed by atoms with Gasteiger partial charge in [0, 0.05) is 26.6 Å². The molecular weight excluding hydrogens is 285 g/mol. The summed E-state index contributed by atoms with van der Waals surface area (Å²) >= 11 is 0. The fraction of sp³-hybridized carbons (Fsp3) is 0.500. The Hall–Kier alpha value is -2.11. The van der Waals surface area contributed by atoms with Gasteiger partial charge in [0.2, 0.25) is 0 Å². The zero-order valence-corrected chi connectivity index (χ0v) is 13.4. The highest BCUT2D eigenvalue weighted by Crippen LogP contribution is 2.08. The molecule has 0 aliphatic carbocycles. The predicted octanol–water partition coefficient (Wildman–Crippen LogP) is 2.14. The van der Waals surface area contributed by atoms with E-state index < -0.39 is 0 Å². The molecule has 22 heavy (non-hydrogen) atoms. The number of hydrogen-bond acceptors (Lipinski definition) is 3. The largest absolute Gasteiger partial charge is 0.469 e. The van der Waals surface area contributed by atoms with E-state index >= 15 is 0 Å². The van der Waals surface area contributed by atoms with Gasteiger partial charge in [0.15, 0.2) is 5.96 Å². The fourth-order valence-corrected chi connectivity index (χ4v) is 1.93. The topological polar surface area (TPSA) is 62.7 Å². The molecule has 0 aromatic heterocycles. The first-order chi connectivity index (χ1) is 10.6. The van der Waals surface area contributed by atoms with Crippen LogP contribution in [0, 0.1) is 12.7 Å². The Balaban J connectivity index is 2.27. The first kappa shape index (κ1) is 17.9. The molecule has 0 fully saturated rings. The van der Waals surface area contributed by atoms with Crippen molar-refractivity contribution in [1.29, 1.82) is 0 Å². The lowest BCUT2D eigenvalue weighted by molar-refractivity contribution is -0.140. The van der Waals surface area contributed by atoms with Gasteiger partial charge in [-0.2, -0.15) is 0 Å². The molecule has 0 unspecified atom stereocenters. The number of hydrogen-bond donors (Lipinski definition) is 2. The van der Waals surface area contributed by atoms with Crippen molar-refractivity contribution < 1.29 is 13.9 Å². The van der Waals surface area contributed by atoms with E-state index in [1.54, 1.807) is 20.0 Å².